The van der Waals surface area contributed by atoms with Gasteiger partial charge in [0.2, 0.25) is 5.95 Å². The average molecular weight is 487 g/mol. The molecule has 0 bridgehead atoms. The van der Waals surface area contributed by atoms with Crippen LogP contribution >= 0.6 is 0 Å². The van der Waals surface area contributed by atoms with Crippen molar-refractivity contribution in [1.29, 1.82) is 0 Å². The minimum atomic E-state index is -0.0755. The van der Waals surface area contributed by atoms with Gasteiger partial charge in [0.1, 0.15) is 11.5 Å². The maximum Gasteiger partial charge on any atom is 0.264 e. The van der Waals surface area contributed by atoms with Crippen molar-refractivity contribution in [1.82, 2.24) is 14.8 Å². The number of benzene rings is 2. The highest BCUT2D eigenvalue weighted by Crippen LogP contribution is 2.53. The lowest BCUT2D eigenvalue weighted by Crippen LogP contribution is -2.61. The summed E-state index contributed by atoms with van der Waals surface area (Å²) >= 11 is 0. The minimum absolute atomic E-state index is 0.0510. The highest BCUT2D eigenvalue weighted by Gasteiger charge is 2.55. The largest absolute Gasteiger partial charge is 0.497 e. The van der Waals surface area contributed by atoms with E-state index in [1.807, 2.05) is 53.4 Å². The van der Waals surface area contributed by atoms with E-state index in [4.69, 9.17) is 19.6 Å². The zero-order chi connectivity index (χ0) is 24.7. The van der Waals surface area contributed by atoms with Crippen molar-refractivity contribution in [3.63, 3.8) is 0 Å². The number of rotatable bonds is 4. The van der Waals surface area contributed by atoms with Crippen LogP contribution in [0.15, 0.2) is 48.5 Å². The molecule has 0 N–H and O–H groups in total. The summed E-state index contributed by atoms with van der Waals surface area (Å²) in [7, 11) is 3.28. The van der Waals surface area contributed by atoms with Gasteiger partial charge in [-0.05, 0) is 62.1 Å². The van der Waals surface area contributed by atoms with Crippen LogP contribution in [0.3, 0.4) is 0 Å². The summed E-state index contributed by atoms with van der Waals surface area (Å²) in [6, 6.07) is 15.5. The molecular formula is C29H34N4O3. The van der Waals surface area contributed by atoms with Gasteiger partial charge < -0.3 is 9.47 Å². The first-order valence-electron chi connectivity index (χ1n) is 13.2. The van der Waals surface area contributed by atoms with E-state index in [1.54, 1.807) is 14.2 Å². The molecule has 2 fully saturated rings. The van der Waals surface area contributed by atoms with Gasteiger partial charge in [-0.3, -0.25) is 9.69 Å². The van der Waals surface area contributed by atoms with E-state index in [-0.39, 0.29) is 17.5 Å². The van der Waals surface area contributed by atoms with Crippen LogP contribution < -0.4 is 14.4 Å². The zero-order valence-corrected chi connectivity index (χ0v) is 21.2. The van der Waals surface area contributed by atoms with Crippen LogP contribution in [0.1, 0.15) is 68.1 Å². The topological polar surface area (TPSA) is 69.5 Å². The Morgan fingerprint density at radius 1 is 0.917 bits per heavy atom. The van der Waals surface area contributed by atoms with Crippen LogP contribution in [0, 0.1) is 5.92 Å². The van der Waals surface area contributed by atoms with Crippen LogP contribution in [0.5, 0.6) is 11.5 Å². The predicted octanol–water partition coefficient (Wildman–Crippen LogP) is 5.84. The quantitative estimate of drug-likeness (QED) is 0.463. The van der Waals surface area contributed by atoms with E-state index in [0.717, 1.165) is 43.4 Å². The first-order chi connectivity index (χ1) is 17.7. The van der Waals surface area contributed by atoms with Crippen LogP contribution in [0.25, 0.3) is 11.4 Å². The summed E-state index contributed by atoms with van der Waals surface area (Å²) in [6.45, 7) is 0. The molecule has 0 saturated heterocycles. The fraction of sp³-hybridized carbons (Fsp3) is 0.483. The number of ether oxygens (including phenoxy) is 2. The van der Waals surface area contributed by atoms with Gasteiger partial charge in [0.05, 0.1) is 25.3 Å². The second-order valence-electron chi connectivity index (χ2n) is 10.4. The number of hydrogen-bond donors (Lipinski definition) is 0. The molecule has 1 aromatic heterocycles. The predicted molar refractivity (Wildman–Crippen MR) is 139 cm³/mol. The molecule has 188 valence electrons. The van der Waals surface area contributed by atoms with Crippen LogP contribution in [-0.4, -0.2) is 40.9 Å². The van der Waals surface area contributed by atoms with E-state index in [2.05, 4.69) is 4.68 Å². The molecule has 1 spiro atoms. The van der Waals surface area contributed by atoms with Gasteiger partial charge in [-0.1, -0.05) is 44.2 Å². The van der Waals surface area contributed by atoms with Crippen LogP contribution in [0.2, 0.25) is 0 Å². The number of amides is 1. The second kappa shape index (κ2) is 9.26. The van der Waals surface area contributed by atoms with E-state index >= 15 is 0 Å². The lowest BCUT2D eigenvalue weighted by molar-refractivity contribution is 0.0313. The second-order valence-corrected chi connectivity index (χ2v) is 10.4. The Hall–Kier alpha value is -3.35. The summed E-state index contributed by atoms with van der Waals surface area (Å²) < 4.78 is 13.1. The molecule has 2 heterocycles. The lowest BCUT2D eigenvalue weighted by Gasteiger charge is -2.55. The highest BCUT2D eigenvalue weighted by molar-refractivity contribution is 6.07. The van der Waals surface area contributed by atoms with Gasteiger partial charge in [-0.25, -0.2) is 4.68 Å². The Labute approximate surface area is 212 Å². The molecular weight excluding hydrogens is 452 g/mol. The molecule has 3 aromatic rings. The number of aromatic nitrogens is 3. The summed E-state index contributed by atoms with van der Waals surface area (Å²) in [5, 5.41) is 5.15. The number of nitrogens with zero attached hydrogens (tertiary/aromatic N) is 4. The minimum Gasteiger partial charge on any atom is -0.497 e. The fourth-order valence-electron chi connectivity index (χ4n) is 6.91. The van der Waals surface area contributed by atoms with Crippen molar-refractivity contribution in [2.24, 2.45) is 5.92 Å². The first-order valence-corrected chi connectivity index (χ1v) is 13.2. The molecule has 3 aliphatic rings. The summed E-state index contributed by atoms with van der Waals surface area (Å²) in [6.07, 6.45) is 10.3. The van der Waals surface area contributed by atoms with Crippen LogP contribution in [0.4, 0.5) is 5.95 Å². The van der Waals surface area contributed by atoms with Gasteiger partial charge in [0.25, 0.3) is 5.91 Å². The molecule has 2 unspecified atom stereocenters. The van der Waals surface area contributed by atoms with Crippen molar-refractivity contribution < 1.29 is 14.3 Å². The number of fused-ring (bicyclic) bond motifs is 4. The molecule has 2 saturated carbocycles. The summed E-state index contributed by atoms with van der Waals surface area (Å²) in [5.74, 6) is 3.06. The summed E-state index contributed by atoms with van der Waals surface area (Å²) in [5.41, 5.74) is 1.43. The maximum atomic E-state index is 14.2. The van der Waals surface area contributed by atoms with Crippen LogP contribution in [-0.2, 0) is 5.54 Å². The number of carbonyl (C=O) groups excluding carboxylic acids is 1. The van der Waals surface area contributed by atoms with Crippen molar-refractivity contribution in [2.45, 2.75) is 69.4 Å². The average Bonchev–Trinajstić information content (AvgIpc) is 3.40. The monoisotopic (exact) mass is 486 g/mol. The number of para-hydroxylation sites is 1. The van der Waals surface area contributed by atoms with Crippen molar-refractivity contribution in [2.75, 3.05) is 19.1 Å². The van der Waals surface area contributed by atoms with Gasteiger partial charge in [-0.15, -0.1) is 5.10 Å². The lowest BCUT2D eigenvalue weighted by atomic mass is 9.64. The zero-order valence-electron chi connectivity index (χ0n) is 21.2. The smallest absolute Gasteiger partial charge is 0.264 e. The molecule has 36 heavy (non-hydrogen) atoms. The molecule has 6 rings (SSSR count). The van der Waals surface area contributed by atoms with E-state index < -0.39 is 0 Å². The third-order valence-electron chi connectivity index (χ3n) is 8.60. The molecule has 1 aliphatic heterocycles. The Balaban J connectivity index is 1.53. The maximum absolute atomic E-state index is 14.2. The van der Waals surface area contributed by atoms with Gasteiger partial charge >= 0.3 is 0 Å². The Kier molecular flexibility index (Phi) is 5.94. The van der Waals surface area contributed by atoms with E-state index in [1.165, 1.54) is 25.7 Å². The first kappa shape index (κ1) is 23.1. The number of hydrogen-bond acceptors (Lipinski definition) is 5. The number of anilines is 1. The molecule has 7 nitrogen and oxygen atoms in total. The molecule has 1 amide bonds. The van der Waals surface area contributed by atoms with Gasteiger partial charge in [0.15, 0.2) is 5.82 Å². The molecule has 0 radical (unpaired) electrons. The van der Waals surface area contributed by atoms with Gasteiger partial charge in [-0.2, -0.15) is 4.98 Å². The molecule has 7 heteroatoms. The van der Waals surface area contributed by atoms with Gasteiger partial charge in [0, 0.05) is 17.5 Å². The van der Waals surface area contributed by atoms with E-state index in [9.17, 15) is 4.79 Å². The molecule has 2 atom stereocenters. The highest BCUT2D eigenvalue weighted by atomic mass is 16.5. The fourth-order valence-corrected chi connectivity index (χ4v) is 6.91. The number of methoxy groups -OCH3 is 2. The SMILES string of the molecule is COc1ccc(-c2nc3n(n2)C2(CCCCC2)C2CCCCC2N3C(=O)c2ccccc2OC)cc1. The number of carbonyl (C=O) groups is 1. The standard InChI is InChI=1S/C29H34N4O3/c1-35-21-16-14-20(15-17-21)26-30-28-32(27(34)22-10-4-7-13-25(22)36-2)24-12-6-5-11-23(24)29(33(28)31-26)18-8-3-9-19-29/h4,7,10,13-17,23-24H,3,5-6,8-9,11-12,18-19H2,1-2H3. The van der Waals surface area contributed by atoms with E-state index in [0.29, 0.717) is 29.0 Å². The van der Waals surface area contributed by atoms with Crippen molar-refractivity contribution in [3.8, 4) is 22.9 Å². The Morgan fingerprint density at radius 2 is 1.67 bits per heavy atom. The normalized spacial score (nSPS) is 22.6. The Bertz CT molecular complexity index is 1250. The third-order valence-corrected chi connectivity index (χ3v) is 8.60. The molecule has 2 aromatic carbocycles. The third kappa shape index (κ3) is 3.59. The Morgan fingerprint density at radius 3 is 2.42 bits per heavy atom. The summed E-state index contributed by atoms with van der Waals surface area (Å²) in [4.78, 5) is 21.3. The van der Waals surface area contributed by atoms with Crippen molar-refractivity contribution >= 4 is 11.9 Å². The molecule has 2 aliphatic carbocycles. The van der Waals surface area contributed by atoms with Crippen molar-refractivity contribution in [3.05, 3.63) is 54.1 Å².